The van der Waals surface area contributed by atoms with Gasteiger partial charge in [0.05, 0.1) is 18.0 Å². The Balaban J connectivity index is 1.40. The maximum Gasteiger partial charge on any atom is 0.253 e. The number of rotatable bonds is 5. The Morgan fingerprint density at radius 2 is 1.74 bits per heavy atom. The van der Waals surface area contributed by atoms with E-state index in [4.69, 9.17) is 5.84 Å². The molecule has 0 radical (unpaired) electrons. The molecule has 0 aliphatic carbocycles. The first-order valence-corrected chi connectivity index (χ1v) is 11.2. The van der Waals surface area contributed by atoms with Gasteiger partial charge in [0.1, 0.15) is 0 Å². The summed E-state index contributed by atoms with van der Waals surface area (Å²) in [6.07, 6.45) is 0.752. The quantitative estimate of drug-likeness (QED) is 0.489. The van der Waals surface area contributed by atoms with Crippen LogP contribution < -0.4 is 5.84 Å². The molecule has 2 heterocycles. The molecule has 160 valence electrons. The summed E-state index contributed by atoms with van der Waals surface area (Å²) in [6.45, 7) is 7.11. The maximum atomic E-state index is 12.6. The van der Waals surface area contributed by atoms with Crippen LogP contribution in [0.2, 0.25) is 0 Å². The lowest BCUT2D eigenvalue weighted by molar-refractivity contribution is -0.127. The lowest BCUT2D eigenvalue weighted by atomic mass is 9.87. The van der Waals surface area contributed by atoms with Crippen molar-refractivity contribution in [3.63, 3.8) is 0 Å². The van der Waals surface area contributed by atoms with E-state index in [1.54, 1.807) is 0 Å². The minimum atomic E-state index is -0.0741. The summed E-state index contributed by atoms with van der Waals surface area (Å²) in [5, 5.41) is 14.9. The van der Waals surface area contributed by atoms with E-state index in [1.165, 1.54) is 27.0 Å². The topological polar surface area (TPSA) is 89.4 Å². The molecule has 1 aliphatic heterocycles. The Morgan fingerprint density at radius 1 is 1.03 bits per heavy atom. The maximum absolute atomic E-state index is 12.6. The lowest BCUT2D eigenvalue weighted by Crippen LogP contribution is -2.25. The van der Waals surface area contributed by atoms with E-state index in [9.17, 15) is 4.79 Å². The first-order valence-electron chi connectivity index (χ1n) is 10.2. The van der Waals surface area contributed by atoms with E-state index in [0.717, 1.165) is 23.3 Å². The van der Waals surface area contributed by atoms with Crippen molar-refractivity contribution in [2.45, 2.75) is 37.8 Å². The number of thioether (sulfide) groups is 1. The number of nitrogen functional groups attached to an aromatic ring is 1. The molecule has 2 aromatic carbocycles. The fourth-order valence-corrected chi connectivity index (χ4v) is 4.09. The fraction of sp³-hybridized carbons (Fsp3) is 0.304. The highest BCUT2D eigenvalue weighted by molar-refractivity contribution is 7.99. The molecule has 31 heavy (non-hydrogen) atoms. The van der Waals surface area contributed by atoms with Crippen molar-refractivity contribution in [2.24, 2.45) is 5.10 Å². The number of aromatic nitrogens is 3. The van der Waals surface area contributed by atoms with E-state index in [1.807, 2.05) is 42.5 Å². The van der Waals surface area contributed by atoms with Gasteiger partial charge >= 0.3 is 0 Å². The molecule has 1 aliphatic rings. The smallest absolute Gasteiger partial charge is 0.253 e. The van der Waals surface area contributed by atoms with E-state index >= 15 is 0 Å². The highest BCUT2D eigenvalue weighted by Gasteiger charge is 2.23. The van der Waals surface area contributed by atoms with Gasteiger partial charge in [0.15, 0.2) is 5.82 Å². The Labute approximate surface area is 186 Å². The van der Waals surface area contributed by atoms with Gasteiger partial charge in [-0.15, -0.1) is 10.2 Å². The van der Waals surface area contributed by atoms with Crippen LogP contribution in [0.1, 0.15) is 38.3 Å². The largest absolute Gasteiger partial charge is 0.335 e. The minimum absolute atomic E-state index is 0.0741. The number of carbonyl (C=O) groups excluding carboxylic acids is 1. The molecule has 3 aromatic rings. The molecule has 4 rings (SSSR count). The number of benzene rings is 2. The standard InChI is InChI=1S/C23H26N6OS/c1-23(2,3)18-11-9-17(10-12-18)21-25-26-22(29(21)24)31-15-20(30)28-14-13-19(27-28)16-7-5-4-6-8-16/h4-12H,13-15,24H2,1-3H3. The van der Waals surface area contributed by atoms with Gasteiger partial charge in [-0.3, -0.25) is 4.79 Å². The average Bonchev–Trinajstić information content (AvgIpc) is 3.39. The second kappa shape index (κ2) is 8.55. The zero-order chi connectivity index (χ0) is 22.0. The second-order valence-corrected chi connectivity index (χ2v) is 9.41. The number of amides is 1. The lowest BCUT2D eigenvalue weighted by Gasteiger charge is -2.19. The molecule has 0 saturated heterocycles. The summed E-state index contributed by atoms with van der Waals surface area (Å²) >= 11 is 1.27. The minimum Gasteiger partial charge on any atom is -0.335 e. The molecule has 7 nitrogen and oxygen atoms in total. The number of hydrogen-bond acceptors (Lipinski definition) is 6. The molecule has 0 unspecified atom stereocenters. The van der Waals surface area contributed by atoms with E-state index < -0.39 is 0 Å². The predicted molar refractivity (Wildman–Crippen MR) is 124 cm³/mol. The summed E-state index contributed by atoms with van der Waals surface area (Å²) in [7, 11) is 0. The first-order chi connectivity index (χ1) is 14.8. The zero-order valence-electron chi connectivity index (χ0n) is 17.9. The van der Waals surface area contributed by atoms with Crippen LogP contribution in [-0.2, 0) is 10.2 Å². The molecular weight excluding hydrogens is 408 g/mol. The van der Waals surface area contributed by atoms with Crippen molar-refractivity contribution < 1.29 is 4.79 Å². The third-order valence-corrected chi connectivity index (χ3v) is 6.12. The van der Waals surface area contributed by atoms with E-state index in [2.05, 4.69) is 48.2 Å². The van der Waals surface area contributed by atoms with Crippen LogP contribution in [-0.4, -0.2) is 43.8 Å². The van der Waals surface area contributed by atoms with Crippen LogP contribution in [0.15, 0.2) is 64.9 Å². The zero-order valence-corrected chi connectivity index (χ0v) is 18.8. The predicted octanol–water partition coefficient (Wildman–Crippen LogP) is 3.69. The monoisotopic (exact) mass is 434 g/mol. The number of hydrazone groups is 1. The van der Waals surface area contributed by atoms with Crippen LogP contribution in [0, 0.1) is 0 Å². The van der Waals surface area contributed by atoms with Gasteiger partial charge in [0.2, 0.25) is 5.16 Å². The van der Waals surface area contributed by atoms with Gasteiger partial charge < -0.3 is 5.84 Å². The van der Waals surface area contributed by atoms with Gasteiger partial charge in [-0.1, -0.05) is 87.1 Å². The highest BCUT2D eigenvalue weighted by Crippen LogP contribution is 2.27. The van der Waals surface area contributed by atoms with Gasteiger partial charge in [-0.25, -0.2) is 9.69 Å². The summed E-state index contributed by atoms with van der Waals surface area (Å²) in [5.74, 6) is 6.91. The van der Waals surface area contributed by atoms with Crippen LogP contribution in [0.4, 0.5) is 0 Å². The number of carbonyl (C=O) groups is 1. The van der Waals surface area contributed by atoms with Crippen LogP contribution in [0.3, 0.4) is 0 Å². The number of nitrogens with two attached hydrogens (primary N) is 1. The number of nitrogens with zero attached hydrogens (tertiary/aromatic N) is 5. The number of hydrogen-bond donors (Lipinski definition) is 1. The average molecular weight is 435 g/mol. The van der Waals surface area contributed by atoms with Crippen molar-refractivity contribution in [3.8, 4) is 11.4 Å². The SMILES string of the molecule is CC(C)(C)c1ccc(-c2nnc(SCC(=O)N3CCC(c4ccccc4)=N3)n2N)cc1. The molecule has 8 heteroatoms. The Hall–Kier alpha value is -3.13. The van der Waals surface area contributed by atoms with Crippen molar-refractivity contribution in [1.82, 2.24) is 19.9 Å². The highest BCUT2D eigenvalue weighted by atomic mass is 32.2. The van der Waals surface area contributed by atoms with E-state index in [-0.39, 0.29) is 17.1 Å². The van der Waals surface area contributed by atoms with E-state index in [0.29, 0.717) is 17.5 Å². The van der Waals surface area contributed by atoms with Crippen molar-refractivity contribution >= 4 is 23.4 Å². The third-order valence-electron chi connectivity index (χ3n) is 5.20. The Morgan fingerprint density at radius 3 is 2.42 bits per heavy atom. The van der Waals surface area contributed by atoms with Crippen LogP contribution in [0.25, 0.3) is 11.4 Å². The molecule has 2 N–H and O–H groups in total. The molecular formula is C23H26N6OS. The molecule has 1 aromatic heterocycles. The van der Waals surface area contributed by atoms with Crippen molar-refractivity contribution in [3.05, 3.63) is 65.7 Å². The normalized spacial score (nSPS) is 14.0. The summed E-state index contributed by atoms with van der Waals surface area (Å²) < 4.78 is 1.44. The Kier molecular flexibility index (Phi) is 5.82. The summed E-state index contributed by atoms with van der Waals surface area (Å²) in [6, 6.07) is 18.1. The molecule has 0 spiro atoms. The molecule has 1 amide bonds. The first kappa shape index (κ1) is 21.1. The summed E-state index contributed by atoms with van der Waals surface area (Å²) in [5.41, 5.74) is 4.18. The van der Waals surface area contributed by atoms with Gasteiger partial charge in [0.25, 0.3) is 5.91 Å². The fourth-order valence-electron chi connectivity index (χ4n) is 3.36. The summed E-state index contributed by atoms with van der Waals surface area (Å²) in [4.78, 5) is 12.6. The molecule has 0 atom stereocenters. The van der Waals surface area contributed by atoms with Gasteiger partial charge in [0, 0.05) is 12.0 Å². The third kappa shape index (κ3) is 4.64. The molecule has 0 fully saturated rings. The van der Waals surface area contributed by atoms with Crippen LogP contribution in [0.5, 0.6) is 0 Å². The molecule has 0 saturated carbocycles. The van der Waals surface area contributed by atoms with Crippen molar-refractivity contribution in [1.29, 1.82) is 0 Å². The second-order valence-electron chi connectivity index (χ2n) is 8.47. The van der Waals surface area contributed by atoms with Gasteiger partial charge in [-0.2, -0.15) is 5.10 Å². The Bertz CT molecular complexity index is 1100. The molecule has 0 bridgehead atoms. The van der Waals surface area contributed by atoms with Gasteiger partial charge in [-0.05, 0) is 16.5 Å². The van der Waals surface area contributed by atoms with Crippen LogP contribution >= 0.6 is 11.8 Å². The van der Waals surface area contributed by atoms with Crippen molar-refractivity contribution in [2.75, 3.05) is 18.1 Å².